The van der Waals surface area contributed by atoms with Crippen molar-refractivity contribution in [1.82, 2.24) is 10.3 Å². The highest BCUT2D eigenvalue weighted by Crippen LogP contribution is 2.30. The summed E-state index contributed by atoms with van der Waals surface area (Å²) in [6.07, 6.45) is 4.75. The molecule has 2 aromatic carbocycles. The average Bonchev–Trinajstić information content (AvgIpc) is 2.82. The summed E-state index contributed by atoms with van der Waals surface area (Å²) in [5, 5.41) is 21.7. The molecule has 1 amide bonds. The highest BCUT2D eigenvalue weighted by Gasteiger charge is 2.33. The van der Waals surface area contributed by atoms with E-state index in [9.17, 15) is 14.7 Å². The van der Waals surface area contributed by atoms with Crippen molar-refractivity contribution in [2.45, 2.75) is 18.4 Å². The summed E-state index contributed by atoms with van der Waals surface area (Å²) in [4.78, 5) is 22.8. The van der Waals surface area contributed by atoms with Crippen LogP contribution < -0.4 is 10.1 Å². The summed E-state index contributed by atoms with van der Waals surface area (Å²) < 4.78 is 11.9. The van der Waals surface area contributed by atoms with E-state index >= 15 is 0 Å². The first-order valence-corrected chi connectivity index (χ1v) is 10.3. The molecule has 0 saturated carbocycles. The van der Waals surface area contributed by atoms with Crippen LogP contribution in [-0.4, -0.2) is 52.9 Å². The van der Waals surface area contributed by atoms with Crippen LogP contribution in [0.2, 0.25) is 0 Å². The maximum atomic E-state index is 9.57. The second kappa shape index (κ2) is 11.5. The number of benzene rings is 2. The van der Waals surface area contributed by atoms with E-state index in [1.54, 1.807) is 12.3 Å². The molecule has 0 unspecified atom stereocenters. The van der Waals surface area contributed by atoms with Gasteiger partial charge in [0.2, 0.25) is 6.41 Å². The van der Waals surface area contributed by atoms with E-state index in [1.807, 2.05) is 29.6 Å². The number of fused-ring (bicyclic) bond motifs is 1. The number of rotatable bonds is 5. The minimum atomic E-state index is -1.04. The molecule has 1 aliphatic rings. The number of pyridine rings is 1. The standard InChI is InChI=1S/C22H19NO3.C3H5NO3/c24-20-13-17(15-23-16-20)7-8-22(9-11-25-12-10-22)26-21-6-5-18-3-1-2-4-19(18)14-21;5-2-4-1-3(6)7/h1-6,13-16,24H,9-12H2;2H,1H2,(H,4,5)(H,6,7). The molecule has 0 spiro atoms. The van der Waals surface area contributed by atoms with Crippen LogP contribution in [-0.2, 0) is 14.3 Å². The lowest BCUT2D eigenvalue weighted by molar-refractivity contribution is -0.136. The van der Waals surface area contributed by atoms with Crippen molar-refractivity contribution >= 4 is 23.2 Å². The molecule has 3 N–H and O–H groups in total. The fourth-order valence-electron chi connectivity index (χ4n) is 3.22. The molecule has 8 heteroatoms. The fourth-order valence-corrected chi connectivity index (χ4v) is 3.22. The molecular weight excluding hydrogens is 424 g/mol. The van der Waals surface area contributed by atoms with Crippen LogP contribution >= 0.6 is 0 Å². The molecule has 4 rings (SSSR count). The molecule has 1 saturated heterocycles. The van der Waals surface area contributed by atoms with Gasteiger partial charge in [0.25, 0.3) is 0 Å². The fraction of sp³-hybridized carbons (Fsp3) is 0.240. The van der Waals surface area contributed by atoms with Crippen LogP contribution in [0, 0.1) is 11.8 Å². The van der Waals surface area contributed by atoms with E-state index in [1.165, 1.54) is 11.6 Å². The first-order valence-electron chi connectivity index (χ1n) is 10.3. The van der Waals surface area contributed by atoms with Crippen molar-refractivity contribution in [3.05, 3.63) is 66.5 Å². The Labute approximate surface area is 191 Å². The van der Waals surface area contributed by atoms with Crippen molar-refractivity contribution in [3.63, 3.8) is 0 Å². The van der Waals surface area contributed by atoms with E-state index in [2.05, 4.69) is 35.0 Å². The minimum absolute atomic E-state index is 0.105. The van der Waals surface area contributed by atoms with Crippen molar-refractivity contribution in [2.24, 2.45) is 0 Å². The van der Waals surface area contributed by atoms with Crippen molar-refractivity contribution < 1.29 is 29.3 Å². The summed E-state index contributed by atoms with van der Waals surface area (Å²) in [7, 11) is 0. The molecule has 0 atom stereocenters. The molecule has 33 heavy (non-hydrogen) atoms. The number of nitrogens with zero attached hydrogens (tertiary/aromatic N) is 1. The summed E-state index contributed by atoms with van der Waals surface area (Å²) >= 11 is 0. The Hall–Kier alpha value is -4.09. The third kappa shape index (κ3) is 7.23. The number of carboxylic acid groups (broad SMARTS) is 1. The van der Waals surface area contributed by atoms with Gasteiger partial charge in [0.15, 0.2) is 5.60 Å². The van der Waals surface area contributed by atoms with Gasteiger partial charge in [-0.05, 0) is 34.9 Å². The Morgan fingerprint density at radius 2 is 1.91 bits per heavy atom. The van der Waals surface area contributed by atoms with Crippen LogP contribution in [0.25, 0.3) is 10.8 Å². The number of amides is 1. The second-order valence-corrected chi connectivity index (χ2v) is 7.29. The van der Waals surface area contributed by atoms with Gasteiger partial charge in [-0.3, -0.25) is 14.6 Å². The molecule has 8 nitrogen and oxygen atoms in total. The molecule has 0 radical (unpaired) electrons. The highest BCUT2D eigenvalue weighted by atomic mass is 16.5. The number of carboxylic acids is 1. The van der Waals surface area contributed by atoms with Gasteiger partial charge < -0.3 is 25.0 Å². The highest BCUT2D eigenvalue weighted by molar-refractivity contribution is 5.83. The lowest BCUT2D eigenvalue weighted by Gasteiger charge is -2.33. The third-order valence-corrected chi connectivity index (χ3v) is 4.83. The van der Waals surface area contributed by atoms with E-state index < -0.39 is 11.6 Å². The van der Waals surface area contributed by atoms with Gasteiger partial charge in [0, 0.05) is 24.6 Å². The zero-order valence-electron chi connectivity index (χ0n) is 17.9. The zero-order valence-corrected chi connectivity index (χ0v) is 17.9. The molecule has 2 heterocycles. The van der Waals surface area contributed by atoms with Gasteiger partial charge in [0.1, 0.15) is 18.0 Å². The van der Waals surface area contributed by atoms with E-state index in [0.29, 0.717) is 38.0 Å². The topological polar surface area (TPSA) is 118 Å². The SMILES string of the molecule is O=CNCC(=O)O.Oc1cncc(C#CC2(Oc3ccc4ccccc4c3)CCOCC2)c1. The number of aromatic hydroxyl groups is 1. The summed E-state index contributed by atoms with van der Waals surface area (Å²) in [5.41, 5.74) is 0.0598. The van der Waals surface area contributed by atoms with E-state index in [4.69, 9.17) is 14.6 Å². The Morgan fingerprint density at radius 3 is 2.58 bits per heavy atom. The van der Waals surface area contributed by atoms with Gasteiger partial charge in [-0.1, -0.05) is 36.3 Å². The van der Waals surface area contributed by atoms with E-state index in [-0.39, 0.29) is 12.3 Å². The molecule has 0 bridgehead atoms. The van der Waals surface area contributed by atoms with Gasteiger partial charge in [-0.25, -0.2) is 0 Å². The lowest BCUT2D eigenvalue weighted by Crippen LogP contribution is -2.40. The predicted octanol–water partition coefficient (Wildman–Crippen LogP) is 2.74. The maximum absolute atomic E-state index is 9.57. The Kier molecular flexibility index (Phi) is 8.22. The monoisotopic (exact) mass is 448 g/mol. The number of carbonyl (C=O) groups is 2. The smallest absolute Gasteiger partial charge is 0.322 e. The number of carbonyl (C=O) groups excluding carboxylic acids is 1. The van der Waals surface area contributed by atoms with Crippen molar-refractivity contribution in [3.8, 4) is 23.3 Å². The molecular formula is C25H24N2O6. The Balaban J connectivity index is 0.000000383. The number of aromatic nitrogens is 1. The molecule has 170 valence electrons. The van der Waals surface area contributed by atoms with Crippen LogP contribution in [0.3, 0.4) is 0 Å². The van der Waals surface area contributed by atoms with Crippen LogP contribution in [0.5, 0.6) is 11.5 Å². The molecule has 1 fully saturated rings. The largest absolute Gasteiger partial charge is 0.506 e. The van der Waals surface area contributed by atoms with Crippen LogP contribution in [0.4, 0.5) is 0 Å². The third-order valence-electron chi connectivity index (χ3n) is 4.83. The Bertz CT molecular complexity index is 1160. The molecule has 1 aliphatic heterocycles. The molecule has 3 aromatic rings. The minimum Gasteiger partial charge on any atom is -0.506 e. The maximum Gasteiger partial charge on any atom is 0.322 e. The average molecular weight is 448 g/mol. The Morgan fingerprint density at radius 1 is 1.15 bits per heavy atom. The number of ether oxygens (including phenoxy) is 2. The van der Waals surface area contributed by atoms with Gasteiger partial charge in [-0.2, -0.15) is 0 Å². The first kappa shape index (κ1) is 23.6. The first-order chi connectivity index (χ1) is 16.0. The number of hydrogen-bond donors (Lipinski definition) is 3. The van der Waals surface area contributed by atoms with Gasteiger partial charge in [-0.15, -0.1) is 0 Å². The summed E-state index contributed by atoms with van der Waals surface area (Å²) in [6, 6.07) is 15.9. The molecule has 1 aromatic heterocycles. The van der Waals surface area contributed by atoms with E-state index in [0.717, 1.165) is 11.1 Å². The normalized spacial score (nSPS) is 14.1. The van der Waals surface area contributed by atoms with Crippen LogP contribution in [0.15, 0.2) is 60.9 Å². The van der Waals surface area contributed by atoms with Gasteiger partial charge >= 0.3 is 5.97 Å². The number of hydrogen-bond acceptors (Lipinski definition) is 6. The van der Waals surface area contributed by atoms with Gasteiger partial charge in [0.05, 0.1) is 19.4 Å². The number of nitrogens with one attached hydrogen (secondary N) is 1. The predicted molar refractivity (Wildman–Crippen MR) is 122 cm³/mol. The molecule has 0 aliphatic carbocycles. The van der Waals surface area contributed by atoms with Crippen LogP contribution in [0.1, 0.15) is 18.4 Å². The quantitative estimate of drug-likeness (QED) is 0.406. The summed E-state index contributed by atoms with van der Waals surface area (Å²) in [5.74, 6) is 6.24. The number of aliphatic carboxylic acids is 1. The second-order valence-electron chi connectivity index (χ2n) is 7.29. The zero-order chi connectivity index (χ0) is 23.5. The lowest BCUT2D eigenvalue weighted by atomic mass is 9.94. The van der Waals surface area contributed by atoms with Crippen molar-refractivity contribution in [2.75, 3.05) is 19.8 Å². The summed E-state index contributed by atoms with van der Waals surface area (Å²) in [6.45, 7) is 0.921. The van der Waals surface area contributed by atoms with Crippen molar-refractivity contribution in [1.29, 1.82) is 0 Å².